The zero-order chi connectivity index (χ0) is 21.1. The van der Waals surface area contributed by atoms with Crippen LogP contribution in [0, 0.1) is 13.8 Å². The number of hydrogen-bond donors (Lipinski definition) is 1. The highest BCUT2D eigenvalue weighted by Crippen LogP contribution is 2.27. The molecule has 1 aliphatic carbocycles. The number of carbonyl (C=O) groups is 2. The Balaban J connectivity index is 1.41. The number of nitrogens with one attached hydrogen (secondary N) is 1. The van der Waals surface area contributed by atoms with Gasteiger partial charge in [-0.25, -0.2) is 9.97 Å². The number of rotatable bonds is 5. The van der Waals surface area contributed by atoms with Crippen LogP contribution < -0.4 is 5.32 Å². The molecule has 0 bridgehead atoms. The van der Waals surface area contributed by atoms with Gasteiger partial charge in [-0.3, -0.25) is 9.59 Å². The molecule has 0 radical (unpaired) electrons. The summed E-state index contributed by atoms with van der Waals surface area (Å²) in [5.41, 5.74) is 3.37. The van der Waals surface area contributed by atoms with Crippen molar-refractivity contribution in [2.24, 2.45) is 0 Å². The zero-order valence-electron chi connectivity index (χ0n) is 17.9. The van der Waals surface area contributed by atoms with Crippen molar-refractivity contribution >= 4 is 11.8 Å². The molecule has 1 N–H and O–H groups in total. The molecule has 0 unspecified atom stereocenters. The van der Waals surface area contributed by atoms with E-state index in [2.05, 4.69) is 5.32 Å². The van der Waals surface area contributed by atoms with Gasteiger partial charge < -0.3 is 10.2 Å². The average Bonchev–Trinajstić information content (AvgIpc) is 3.43. The molecule has 6 nitrogen and oxygen atoms in total. The number of aromatic nitrogens is 2. The Bertz CT molecular complexity index is 899. The third kappa shape index (κ3) is 4.53. The first kappa shape index (κ1) is 20.5. The van der Waals surface area contributed by atoms with Gasteiger partial charge >= 0.3 is 0 Å². The van der Waals surface area contributed by atoms with Gasteiger partial charge in [-0.1, -0.05) is 31.0 Å². The van der Waals surface area contributed by atoms with E-state index in [-0.39, 0.29) is 17.7 Å². The van der Waals surface area contributed by atoms with Gasteiger partial charge in [0.15, 0.2) is 0 Å². The summed E-state index contributed by atoms with van der Waals surface area (Å²) in [4.78, 5) is 36.5. The Hall–Kier alpha value is -2.76. The summed E-state index contributed by atoms with van der Waals surface area (Å²) in [6, 6.07) is 9.72. The fraction of sp³-hybridized carbons (Fsp3) is 0.500. The van der Waals surface area contributed by atoms with E-state index in [1.807, 2.05) is 49.1 Å². The summed E-state index contributed by atoms with van der Waals surface area (Å²) in [5.74, 6) is 1.04. The van der Waals surface area contributed by atoms with Gasteiger partial charge in [0, 0.05) is 47.6 Å². The summed E-state index contributed by atoms with van der Waals surface area (Å²) in [7, 11) is 0. The Morgan fingerprint density at radius 2 is 1.70 bits per heavy atom. The minimum Gasteiger partial charge on any atom is -0.353 e. The molecule has 1 atom stereocenters. The van der Waals surface area contributed by atoms with Crippen LogP contribution in [0.2, 0.25) is 0 Å². The number of benzene rings is 1. The van der Waals surface area contributed by atoms with E-state index in [0.29, 0.717) is 25.6 Å². The number of nitrogens with zero attached hydrogens (tertiary/aromatic N) is 3. The van der Waals surface area contributed by atoms with Crippen LogP contribution in [0.5, 0.6) is 0 Å². The second kappa shape index (κ2) is 8.94. The van der Waals surface area contributed by atoms with Crippen molar-refractivity contribution in [1.29, 1.82) is 0 Å². The molecule has 1 saturated heterocycles. The molecule has 4 rings (SSSR count). The molecule has 158 valence electrons. The van der Waals surface area contributed by atoms with Crippen molar-refractivity contribution in [3.8, 4) is 0 Å². The predicted molar refractivity (Wildman–Crippen MR) is 115 cm³/mol. The number of hydrogen-bond acceptors (Lipinski definition) is 4. The number of aryl methyl sites for hydroxylation is 2. The van der Waals surface area contributed by atoms with Crippen molar-refractivity contribution in [2.75, 3.05) is 13.1 Å². The number of likely N-dealkylation sites (tertiary alicyclic amines) is 1. The molecular weight excluding hydrogens is 376 g/mol. The molecular formula is C24H30N4O2. The first-order valence-electron chi connectivity index (χ1n) is 11.0. The molecule has 1 aliphatic heterocycles. The fourth-order valence-corrected chi connectivity index (χ4v) is 4.63. The van der Waals surface area contributed by atoms with E-state index >= 15 is 0 Å². The Labute approximate surface area is 178 Å². The summed E-state index contributed by atoms with van der Waals surface area (Å²) < 4.78 is 0. The molecule has 2 aromatic rings. The van der Waals surface area contributed by atoms with Crippen molar-refractivity contribution in [3.05, 3.63) is 58.7 Å². The molecule has 0 spiro atoms. The third-order valence-corrected chi connectivity index (χ3v) is 6.36. The average molecular weight is 407 g/mol. The SMILES string of the molecule is Cc1nc([C@@H]2CCN(C(=O)c3ccccc3)C2)nc(C)c1CC(=O)NC1CCCC1. The van der Waals surface area contributed by atoms with E-state index in [9.17, 15) is 9.59 Å². The summed E-state index contributed by atoms with van der Waals surface area (Å²) in [6.07, 6.45) is 5.76. The van der Waals surface area contributed by atoms with Gasteiger partial charge in [0.2, 0.25) is 5.91 Å². The molecule has 1 aromatic heterocycles. The van der Waals surface area contributed by atoms with Gasteiger partial charge in [0.05, 0.1) is 6.42 Å². The monoisotopic (exact) mass is 406 g/mol. The van der Waals surface area contributed by atoms with Gasteiger partial charge in [0.1, 0.15) is 5.82 Å². The van der Waals surface area contributed by atoms with Crippen LogP contribution in [0.1, 0.15) is 71.2 Å². The van der Waals surface area contributed by atoms with Crippen molar-refractivity contribution in [2.45, 2.75) is 64.3 Å². The Kier molecular flexibility index (Phi) is 6.11. The highest BCUT2D eigenvalue weighted by Gasteiger charge is 2.30. The smallest absolute Gasteiger partial charge is 0.253 e. The maximum absolute atomic E-state index is 12.7. The first-order valence-corrected chi connectivity index (χ1v) is 11.0. The van der Waals surface area contributed by atoms with Gasteiger partial charge in [-0.05, 0) is 45.2 Å². The van der Waals surface area contributed by atoms with Crippen LogP contribution in [0.4, 0.5) is 0 Å². The molecule has 2 fully saturated rings. The van der Waals surface area contributed by atoms with E-state index in [1.54, 1.807) is 0 Å². The van der Waals surface area contributed by atoms with Gasteiger partial charge in [-0.2, -0.15) is 0 Å². The van der Waals surface area contributed by atoms with Crippen LogP contribution in [-0.4, -0.2) is 45.8 Å². The molecule has 2 aliphatic rings. The molecule has 6 heteroatoms. The maximum Gasteiger partial charge on any atom is 0.253 e. The van der Waals surface area contributed by atoms with Crippen LogP contribution >= 0.6 is 0 Å². The standard InChI is InChI=1S/C24H30N4O2/c1-16-21(14-22(29)27-20-10-6-7-11-20)17(2)26-23(25-16)19-12-13-28(15-19)24(30)18-8-4-3-5-9-18/h3-5,8-9,19-20H,6-7,10-15H2,1-2H3,(H,27,29)/t19-/m1/s1. The molecule has 2 heterocycles. The van der Waals surface area contributed by atoms with Crippen LogP contribution in [-0.2, 0) is 11.2 Å². The lowest BCUT2D eigenvalue weighted by Crippen LogP contribution is -2.34. The lowest BCUT2D eigenvalue weighted by molar-refractivity contribution is -0.121. The quantitative estimate of drug-likeness (QED) is 0.826. The summed E-state index contributed by atoms with van der Waals surface area (Å²) in [6.45, 7) is 5.26. The molecule has 30 heavy (non-hydrogen) atoms. The van der Waals surface area contributed by atoms with Crippen LogP contribution in [0.25, 0.3) is 0 Å². The summed E-state index contributed by atoms with van der Waals surface area (Å²) in [5, 5.41) is 3.15. The molecule has 1 saturated carbocycles. The normalized spacial score (nSPS) is 19.3. The third-order valence-electron chi connectivity index (χ3n) is 6.36. The first-order chi connectivity index (χ1) is 14.5. The predicted octanol–water partition coefficient (Wildman–Crippen LogP) is 3.32. The molecule has 2 amide bonds. The topological polar surface area (TPSA) is 75.2 Å². The highest BCUT2D eigenvalue weighted by molar-refractivity contribution is 5.94. The largest absolute Gasteiger partial charge is 0.353 e. The van der Waals surface area contributed by atoms with E-state index in [0.717, 1.165) is 47.6 Å². The van der Waals surface area contributed by atoms with Crippen molar-refractivity contribution in [1.82, 2.24) is 20.2 Å². The van der Waals surface area contributed by atoms with Crippen LogP contribution in [0.3, 0.4) is 0 Å². The summed E-state index contributed by atoms with van der Waals surface area (Å²) >= 11 is 0. The minimum absolute atomic E-state index is 0.0601. The maximum atomic E-state index is 12.7. The lowest BCUT2D eigenvalue weighted by Gasteiger charge is -2.18. The van der Waals surface area contributed by atoms with Gasteiger partial charge in [0.25, 0.3) is 5.91 Å². The highest BCUT2D eigenvalue weighted by atomic mass is 16.2. The number of amides is 2. The van der Waals surface area contributed by atoms with E-state index < -0.39 is 0 Å². The minimum atomic E-state index is 0.0601. The zero-order valence-corrected chi connectivity index (χ0v) is 17.9. The number of carbonyl (C=O) groups excluding carboxylic acids is 2. The Morgan fingerprint density at radius 1 is 1.03 bits per heavy atom. The van der Waals surface area contributed by atoms with Crippen molar-refractivity contribution < 1.29 is 9.59 Å². The lowest BCUT2D eigenvalue weighted by atomic mass is 10.0. The second-order valence-electron chi connectivity index (χ2n) is 8.56. The van der Waals surface area contributed by atoms with Crippen molar-refractivity contribution in [3.63, 3.8) is 0 Å². The van der Waals surface area contributed by atoms with E-state index in [1.165, 1.54) is 12.8 Å². The van der Waals surface area contributed by atoms with Crippen LogP contribution in [0.15, 0.2) is 30.3 Å². The fourth-order valence-electron chi connectivity index (χ4n) is 4.63. The Morgan fingerprint density at radius 3 is 2.37 bits per heavy atom. The second-order valence-corrected chi connectivity index (χ2v) is 8.56. The van der Waals surface area contributed by atoms with E-state index in [4.69, 9.17) is 9.97 Å². The van der Waals surface area contributed by atoms with Gasteiger partial charge in [-0.15, -0.1) is 0 Å². The molecule has 1 aromatic carbocycles.